The number of nitrogens with zero attached hydrogens (tertiary/aromatic N) is 2. The molecule has 2 aromatic rings. The Morgan fingerprint density at radius 1 is 1.41 bits per heavy atom. The van der Waals surface area contributed by atoms with Gasteiger partial charge in [0.05, 0.1) is 5.69 Å². The van der Waals surface area contributed by atoms with E-state index < -0.39 is 0 Å². The molecule has 92 valence electrons. The Bertz CT molecular complexity index is 516. The summed E-state index contributed by atoms with van der Waals surface area (Å²) in [4.78, 5) is 1.34. The van der Waals surface area contributed by atoms with E-state index in [0.29, 0.717) is 0 Å². The van der Waals surface area contributed by atoms with Gasteiger partial charge in [-0.25, -0.2) is 0 Å². The minimum absolute atomic E-state index is 0.871. The third-order valence-electron chi connectivity index (χ3n) is 2.94. The van der Waals surface area contributed by atoms with Crippen molar-refractivity contribution in [2.75, 3.05) is 0 Å². The summed E-state index contributed by atoms with van der Waals surface area (Å²) in [6.45, 7) is 5.94. The van der Waals surface area contributed by atoms with E-state index in [1.165, 1.54) is 20.6 Å². The van der Waals surface area contributed by atoms with Crippen LogP contribution in [0.2, 0.25) is 0 Å². The molecule has 2 rings (SSSR count). The van der Waals surface area contributed by atoms with Crippen LogP contribution in [0.15, 0.2) is 15.9 Å². The summed E-state index contributed by atoms with van der Waals surface area (Å²) in [5.74, 6) is 0. The minimum atomic E-state index is 0.871. The quantitative estimate of drug-likeness (QED) is 0.939. The average Bonchev–Trinajstić information content (AvgIpc) is 2.78. The molecule has 0 saturated heterocycles. The Morgan fingerprint density at radius 3 is 2.71 bits per heavy atom. The molecule has 2 heterocycles. The van der Waals surface area contributed by atoms with Gasteiger partial charge in [0.2, 0.25) is 0 Å². The first-order valence-corrected chi connectivity index (χ1v) is 7.18. The lowest BCUT2D eigenvalue weighted by atomic mass is 10.2. The van der Waals surface area contributed by atoms with E-state index >= 15 is 0 Å². The summed E-state index contributed by atoms with van der Waals surface area (Å²) in [7, 11) is 1.99. The van der Waals surface area contributed by atoms with Gasteiger partial charge < -0.3 is 5.32 Å². The highest BCUT2D eigenvalue weighted by atomic mass is 79.9. The molecule has 0 bridgehead atoms. The smallest absolute Gasteiger partial charge is 0.0641 e. The van der Waals surface area contributed by atoms with Crippen molar-refractivity contribution < 1.29 is 0 Å². The second-order valence-corrected chi connectivity index (χ2v) is 5.92. The molecule has 0 atom stereocenters. The molecular formula is C12H16BrN3S. The number of halogens is 1. The fourth-order valence-corrected chi connectivity index (χ4v) is 3.29. The van der Waals surface area contributed by atoms with Crippen LogP contribution in [0.1, 0.15) is 21.8 Å². The SMILES string of the molecule is Cc1nn(C)c(C)c1CNCc1sccc1Br. The molecule has 1 N–H and O–H groups in total. The monoisotopic (exact) mass is 313 g/mol. The lowest BCUT2D eigenvalue weighted by molar-refractivity contribution is 0.689. The lowest BCUT2D eigenvalue weighted by Crippen LogP contribution is -2.13. The van der Waals surface area contributed by atoms with E-state index in [4.69, 9.17) is 0 Å². The molecule has 5 heteroatoms. The predicted octanol–water partition coefficient (Wildman–Crippen LogP) is 3.15. The van der Waals surface area contributed by atoms with Crippen LogP contribution < -0.4 is 5.32 Å². The molecule has 2 aromatic heterocycles. The Balaban J connectivity index is 1.97. The standard InChI is InChI=1S/C12H16BrN3S/c1-8-10(9(2)16(3)15-8)6-14-7-12-11(13)4-5-17-12/h4-5,14H,6-7H2,1-3H3. The number of hydrogen-bond acceptors (Lipinski definition) is 3. The topological polar surface area (TPSA) is 29.9 Å². The largest absolute Gasteiger partial charge is 0.308 e. The summed E-state index contributed by atoms with van der Waals surface area (Å²) in [5, 5.41) is 9.98. The van der Waals surface area contributed by atoms with Crippen LogP contribution in [-0.4, -0.2) is 9.78 Å². The van der Waals surface area contributed by atoms with Crippen molar-refractivity contribution in [1.29, 1.82) is 0 Å². The molecule has 0 aromatic carbocycles. The average molecular weight is 314 g/mol. The predicted molar refractivity (Wildman–Crippen MR) is 75.2 cm³/mol. The van der Waals surface area contributed by atoms with Crippen LogP contribution in [0.5, 0.6) is 0 Å². The zero-order valence-corrected chi connectivity index (χ0v) is 12.7. The van der Waals surface area contributed by atoms with E-state index in [-0.39, 0.29) is 0 Å². The first kappa shape index (κ1) is 12.8. The first-order valence-electron chi connectivity index (χ1n) is 5.51. The molecule has 0 unspecified atom stereocenters. The minimum Gasteiger partial charge on any atom is -0.308 e. The number of aromatic nitrogens is 2. The Morgan fingerprint density at radius 2 is 2.18 bits per heavy atom. The maximum absolute atomic E-state index is 4.41. The number of hydrogen-bond donors (Lipinski definition) is 1. The number of rotatable bonds is 4. The summed E-state index contributed by atoms with van der Waals surface area (Å²) in [6.07, 6.45) is 0. The molecule has 0 saturated carbocycles. The molecule has 0 amide bonds. The highest BCUT2D eigenvalue weighted by Crippen LogP contribution is 2.22. The molecule has 0 fully saturated rings. The molecule has 0 radical (unpaired) electrons. The molecule has 0 aliphatic rings. The number of thiophene rings is 1. The second kappa shape index (κ2) is 5.33. The van der Waals surface area contributed by atoms with Crippen LogP contribution in [0.3, 0.4) is 0 Å². The Labute approximate surface area is 114 Å². The van der Waals surface area contributed by atoms with Gasteiger partial charge in [0.15, 0.2) is 0 Å². The zero-order chi connectivity index (χ0) is 12.4. The van der Waals surface area contributed by atoms with E-state index in [0.717, 1.165) is 18.8 Å². The zero-order valence-electron chi connectivity index (χ0n) is 10.2. The van der Waals surface area contributed by atoms with Gasteiger partial charge in [-0.2, -0.15) is 5.10 Å². The van der Waals surface area contributed by atoms with Crippen LogP contribution in [0.25, 0.3) is 0 Å². The van der Waals surface area contributed by atoms with Crippen molar-refractivity contribution in [3.63, 3.8) is 0 Å². The van der Waals surface area contributed by atoms with Crippen molar-refractivity contribution in [3.05, 3.63) is 37.7 Å². The van der Waals surface area contributed by atoms with Gasteiger partial charge in [-0.15, -0.1) is 11.3 Å². The number of nitrogens with one attached hydrogen (secondary N) is 1. The van der Waals surface area contributed by atoms with Gasteiger partial charge in [0.25, 0.3) is 0 Å². The van der Waals surface area contributed by atoms with Gasteiger partial charge in [-0.1, -0.05) is 0 Å². The summed E-state index contributed by atoms with van der Waals surface area (Å²) in [5.41, 5.74) is 3.66. The third-order valence-corrected chi connectivity index (χ3v) is 4.86. The fourth-order valence-electron chi connectivity index (χ4n) is 1.83. The molecular weight excluding hydrogens is 298 g/mol. The van der Waals surface area contributed by atoms with E-state index in [1.54, 1.807) is 11.3 Å². The summed E-state index contributed by atoms with van der Waals surface area (Å²) in [6, 6.07) is 2.09. The molecule has 0 spiro atoms. The van der Waals surface area contributed by atoms with Gasteiger partial charge in [-0.3, -0.25) is 4.68 Å². The van der Waals surface area contributed by atoms with Crippen molar-refractivity contribution >= 4 is 27.3 Å². The maximum atomic E-state index is 4.41. The molecule has 17 heavy (non-hydrogen) atoms. The highest BCUT2D eigenvalue weighted by molar-refractivity contribution is 9.10. The fraction of sp³-hybridized carbons (Fsp3) is 0.417. The first-order chi connectivity index (χ1) is 8.09. The van der Waals surface area contributed by atoms with Gasteiger partial charge in [0, 0.05) is 40.7 Å². The van der Waals surface area contributed by atoms with Crippen LogP contribution >= 0.6 is 27.3 Å². The van der Waals surface area contributed by atoms with Gasteiger partial charge in [0.1, 0.15) is 0 Å². The van der Waals surface area contributed by atoms with Crippen molar-refractivity contribution in [2.45, 2.75) is 26.9 Å². The summed E-state index contributed by atoms with van der Waals surface area (Å²) < 4.78 is 3.13. The lowest BCUT2D eigenvalue weighted by Gasteiger charge is -2.04. The van der Waals surface area contributed by atoms with Crippen LogP contribution in [0.4, 0.5) is 0 Å². The number of aryl methyl sites for hydroxylation is 2. The molecule has 0 aliphatic carbocycles. The highest BCUT2D eigenvalue weighted by Gasteiger charge is 2.09. The molecule has 3 nitrogen and oxygen atoms in total. The van der Waals surface area contributed by atoms with E-state index in [1.807, 2.05) is 11.7 Å². The van der Waals surface area contributed by atoms with Crippen LogP contribution in [-0.2, 0) is 20.1 Å². The Kier molecular flexibility index (Phi) is 4.01. The van der Waals surface area contributed by atoms with Gasteiger partial charge >= 0.3 is 0 Å². The third kappa shape index (κ3) is 2.78. The van der Waals surface area contributed by atoms with Crippen molar-refractivity contribution in [1.82, 2.24) is 15.1 Å². The van der Waals surface area contributed by atoms with Crippen LogP contribution in [0, 0.1) is 13.8 Å². The van der Waals surface area contributed by atoms with Gasteiger partial charge in [-0.05, 0) is 41.2 Å². The van der Waals surface area contributed by atoms with Crippen molar-refractivity contribution in [2.24, 2.45) is 7.05 Å². The van der Waals surface area contributed by atoms with Crippen molar-refractivity contribution in [3.8, 4) is 0 Å². The second-order valence-electron chi connectivity index (χ2n) is 4.07. The maximum Gasteiger partial charge on any atom is 0.0641 e. The molecule has 0 aliphatic heterocycles. The Hall–Kier alpha value is -0.650. The normalized spacial score (nSPS) is 11.1. The summed E-state index contributed by atoms with van der Waals surface area (Å²) >= 11 is 5.31. The van der Waals surface area contributed by atoms with E-state index in [2.05, 4.69) is 51.6 Å². The van der Waals surface area contributed by atoms with E-state index in [9.17, 15) is 0 Å².